The highest BCUT2D eigenvalue weighted by molar-refractivity contribution is 8.27. The van der Waals surface area contributed by atoms with Crippen LogP contribution in [0.2, 0.25) is 0 Å². The largest absolute Gasteiger partial charge is 0.378 e. The van der Waals surface area contributed by atoms with Gasteiger partial charge in [-0.1, -0.05) is 42.2 Å². The number of nitrogens with zero attached hydrogens (tertiary/aromatic N) is 3. The lowest BCUT2D eigenvalue weighted by atomic mass is 10.1. The number of rotatable bonds is 4. The van der Waals surface area contributed by atoms with E-state index in [4.69, 9.17) is 17.0 Å². The molecule has 2 aromatic rings. The maximum absolute atomic E-state index is 12.9. The number of anilines is 2. The molecule has 2 aromatic carbocycles. The monoisotopic (exact) mass is 427 g/mol. The Bertz CT molecular complexity index is 1000. The van der Waals surface area contributed by atoms with Gasteiger partial charge in [0.2, 0.25) is 0 Å². The van der Waals surface area contributed by atoms with Crippen LogP contribution in [-0.4, -0.2) is 41.5 Å². The first-order valence-electron chi connectivity index (χ1n) is 8.98. The number of non-ortho nitro benzene ring substituents is 1. The van der Waals surface area contributed by atoms with Gasteiger partial charge < -0.3 is 9.64 Å². The number of ether oxygens (including phenoxy) is 1. The van der Waals surface area contributed by atoms with Crippen LogP contribution in [0.15, 0.2) is 53.4 Å². The predicted molar refractivity (Wildman–Crippen MR) is 118 cm³/mol. The Morgan fingerprint density at radius 1 is 1.10 bits per heavy atom. The molecule has 0 atom stereocenters. The summed E-state index contributed by atoms with van der Waals surface area (Å²) in [6.45, 7) is 3.17. The van der Waals surface area contributed by atoms with Gasteiger partial charge in [0.25, 0.3) is 11.6 Å². The number of hydrogen-bond donors (Lipinski definition) is 0. The minimum Gasteiger partial charge on any atom is -0.378 e. The molecule has 0 spiro atoms. The fourth-order valence-electron chi connectivity index (χ4n) is 3.19. The molecule has 148 valence electrons. The molecule has 0 saturated carbocycles. The zero-order chi connectivity index (χ0) is 20.4. The highest BCUT2D eigenvalue weighted by Gasteiger charge is 2.33. The maximum Gasteiger partial charge on any atom is 0.271 e. The summed E-state index contributed by atoms with van der Waals surface area (Å²) < 4.78 is 5.73. The van der Waals surface area contributed by atoms with Crippen molar-refractivity contribution in [3.63, 3.8) is 0 Å². The third kappa shape index (κ3) is 4.16. The van der Waals surface area contributed by atoms with E-state index in [9.17, 15) is 14.9 Å². The van der Waals surface area contributed by atoms with Crippen LogP contribution in [0.1, 0.15) is 5.56 Å². The van der Waals surface area contributed by atoms with E-state index in [2.05, 4.69) is 4.90 Å². The summed E-state index contributed by atoms with van der Waals surface area (Å²) in [5.41, 5.74) is 2.32. The van der Waals surface area contributed by atoms with Crippen LogP contribution in [0.25, 0.3) is 6.08 Å². The molecule has 0 aliphatic carbocycles. The summed E-state index contributed by atoms with van der Waals surface area (Å²) in [5, 5.41) is 11.0. The Hall–Kier alpha value is -2.75. The van der Waals surface area contributed by atoms with E-state index in [1.165, 1.54) is 28.8 Å². The smallest absolute Gasteiger partial charge is 0.271 e. The van der Waals surface area contributed by atoms with Crippen molar-refractivity contribution < 1.29 is 14.5 Å². The normalized spacial score (nSPS) is 18.6. The fraction of sp³-hybridized carbons (Fsp3) is 0.200. The summed E-state index contributed by atoms with van der Waals surface area (Å²) in [4.78, 5) is 27.5. The number of nitro benzene ring substituents is 1. The molecule has 4 rings (SSSR count). The highest BCUT2D eigenvalue weighted by Crippen LogP contribution is 2.37. The molecule has 29 heavy (non-hydrogen) atoms. The van der Waals surface area contributed by atoms with E-state index in [1.54, 1.807) is 18.2 Å². The lowest BCUT2D eigenvalue weighted by Gasteiger charge is -2.28. The van der Waals surface area contributed by atoms with Crippen LogP contribution in [0.4, 0.5) is 17.1 Å². The van der Waals surface area contributed by atoms with Gasteiger partial charge in [-0.05, 0) is 29.8 Å². The van der Waals surface area contributed by atoms with Crippen LogP contribution >= 0.6 is 24.0 Å². The molecule has 0 radical (unpaired) electrons. The molecule has 2 saturated heterocycles. The quantitative estimate of drug-likeness (QED) is 0.318. The number of benzene rings is 2. The van der Waals surface area contributed by atoms with E-state index in [0.29, 0.717) is 14.9 Å². The van der Waals surface area contributed by atoms with Gasteiger partial charge in [0, 0.05) is 30.9 Å². The molecule has 2 fully saturated rings. The third-order valence-electron chi connectivity index (χ3n) is 4.66. The second kappa shape index (κ2) is 8.32. The molecule has 0 bridgehead atoms. The molecule has 0 aromatic heterocycles. The summed E-state index contributed by atoms with van der Waals surface area (Å²) >= 11 is 6.54. The SMILES string of the molecule is O=C1/C(=C\c2ccc(N3CCOCC3)cc2)SC(=S)N1c1cccc([N+](=O)[O-])c1. The first-order valence-corrected chi connectivity index (χ1v) is 10.2. The number of amides is 1. The Labute approximate surface area is 177 Å². The van der Waals surface area contributed by atoms with E-state index in [0.717, 1.165) is 37.6 Å². The fourth-order valence-corrected chi connectivity index (χ4v) is 4.49. The van der Waals surface area contributed by atoms with Crippen molar-refractivity contribution in [2.45, 2.75) is 0 Å². The second-order valence-electron chi connectivity index (χ2n) is 6.49. The molecule has 9 heteroatoms. The highest BCUT2D eigenvalue weighted by atomic mass is 32.2. The molecule has 7 nitrogen and oxygen atoms in total. The van der Waals surface area contributed by atoms with Gasteiger partial charge in [0.1, 0.15) is 0 Å². The summed E-state index contributed by atoms with van der Waals surface area (Å²) in [6, 6.07) is 13.9. The van der Waals surface area contributed by atoms with Crippen LogP contribution < -0.4 is 9.80 Å². The van der Waals surface area contributed by atoms with Crippen LogP contribution in [0.5, 0.6) is 0 Å². The van der Waals surface area contributed by atoms with Gasteiger partial charge >= 0.3 is 0 Å². The Morgan fingerprint density at radius 3 is 2.52 bits per heavy atom. The van der Waals surface area contributed by atoms with Gasteiger partial charge in [-0.3, -0.25) is 19.8 Å². The minimum atomic E-state index is -0.493. The lowest BCUT2D eigenvalue weighted by Crippen LogP contribution is -2.36. The molecule has 0 unspecified atom stereocenters. The van der Waals surface area contributed by atoms with Crippen molar-refractivity contribution in [1.29, 1.82) is 0 Å². The average molecular weight is 428 g/mol. The number of morpholine rings is 1. The number of hydrogen-bond acceptors (Lipinski definition) is 7. The number of thioether (sulfide) groups is 1. The van der Waals surface area contributed by atoms with Crippen molar-refractivity contribution in [2.75, 3.05) is 36.1 Å². The van der Waals surface area contributed by atoms with E-state index in [-0.39, 0.29) is 11.6 Å². The number of nitro groups is 1. The van der Waals surface area contributed by atoms with E-state index in [1.807, 2.05) is 24.3 Å². The minimum absolute atomic E-state index is 0.0840. The zero-order valence-corrected chi connectivity index (χ0v) is 16.9. The van der Waals surface area contributed by atoms with Gasteiger partial charge in [0.15, 0.2) is 4.32 Å². The second-order valence-corrected chi connectivity index (χ2v) is 8.16. The van der Waals surface area contributed by atoms with Gasteiger partial charge in [0.05, 0.1) is 28.7 Å². The van der Waals surface area contributed by atoms with Crippen molar-refractivity contribution in [2.24, 2.45) is 0 Å². The maximum atomic E-state index is 12.9. The lowest BCUT2D eigenvalue weighted by molar-refractivity contribution is -0.384. The summed E-state index contributed by atoms with van der Waals surface area (Å²) in [7, 11) is 0. The summed E-state index contributed by atoms with van der Waals surface area (Å²) in [5.74, 6) is -0.280. The van der Waals surface area contributed by atoms with Gasteiger partial charge in [-0.25, -0.2) is 0 Å². The van der Waals surface area contributed by atoms with Crippen molar-refractivity contribution in [3.8, 4) is 0 Å². The van der Waals surface area contributed by atoms with Crippen LogP contribution in [-0.2, 0) is 9.53 Å². The number of carbonyl (C=O) groups is 1. The Morgan fingerprint density at radius 2 is 1.83 bits per heavy atom. The van der Waals surface area contributed by atoms with Crippen molar-refractivity contribution in [1.82, 2.24) is 0 Å². The van der Waals surface area contributed by atoms with Gasteiger partial charge in [-0.15, -0.1) is 0 Å². The van der Waals surface area contributed by atoms with E-state index >= 15 is 0 Å². The van der Waals surface area contributed by atoms with Crippen LogP contribution in [0.3, 0.4) is 0 Å². The van der Waals surface area contributed by atoms with Crippen molar-refractivity contribution in [3.05, 3.63) is 69.1 Å². The molecule has 2 aliphatic heterocycles. The number of carbonyl (C=O) groups excluding carboxylic acids is 1. The first kappa shape index (κ1) is 19.6. The van der Waals surface area contributed by atoms with Gasteiger partial charge in [-0.2, -0.15) is 0 Å². The first-order chi connectivity index (χ1) is 14.0. The predicted octanol–water partition coefficient (Wildman–Crippen LogP) is 3.84. The van der Waals surface area contributed by atoms with Crippen LogP contribution in [0, 0.1) is 10.1 Å². The molecule has 2 aliphatic rings. The Kier molecular flexibility index (Phi) is 5.61. The number of thiocarbonyl (C=S) groups is 1. The zero-order valence-electron chi connectivity index (χ0n) is 15.3. The average Bonchev–Trinajstić information content (AvgIpc) is 3.02. The van der Waals surface area contributed by atoms with E-state index < -0.39 is 4.92 Å². The van der Waals surface area contributed by atoms with Crippen molar-refractivity contribution >= 4 is 57.3 Å². The molecule has 0 N–H and O–H groups in total. The molecule has 2 heterocycles. The standard InChI is InChI=1S/C20H17N3O4S2/c24-19-18(12-14-4-6-15(7-5-14)21-8-10-27-11-9-21)29-20(28)22(19)16-2-1-3-17(13-16)23(25)26/h1-7,12-13H,8-11H2/b18-12+. The molecule has 1 amide bonds. The topological polar surface area (TPSA) is 75.9 Å². The summed E-state index contributed by atoms with van der Waals surface area (Å²) in [6.07, 6.45) is 1.79. The molecular weight excluding hydrogens is 410 g/mol. The molecular formula is C20H17N3O4S2. The Balaban J connectivity index is 1.54. The third-order valence-corrected chi connectivity index (χ3v) is 5.96.